The zero-order valence-corrected chi connectivity index (χ0v) is 14.4. The van der Waals surface area contributed by atoms with Crippen molar-refractivity contribution in [2.75, 3.05) is 0 Å². The second-order valence-corrected chi connectivity index (χ2v) is 5.80. The number of ether oxygens (including phenoxy) is 1. The minimum absolute atomic E-state index is 0.215. The minimum atomic E-state index is -0.215. The molecule has 0 fully saturated rings. The van der Waals surface area contributed by atoms with Crippen LogP contribution in [0.3, 0.4) is 0 Å². The van der Waals surface area contributed by atoms with Crippen LogP contribution in [0.2, 0.25) is 0 Å². The molecule has 0 radical (unpaired) electrons. The average Bonchev–Trinajstić information content (AvgIpc) is 2.73. The summed E-state index contributed by atoms with van der Waals surface area (Å²) < 4.78 is 6.00. The molecule has 4 aromatic rings. The van der Waals surface area contributed by atoms with E-state index in [1.165, 1.54) is 0 Å². The number of benzene rings is 2. The quantitative estimate of drug-likeness (QED) is 0.589. The normalized spacial score (nSPS) is 10.5. The Kier molecular flexibility index (Phi) is 4.70. The highest BCUT2D eigenvalue weighted by Gasteiger charge is 2.09. The van der Waals surface area contributed by atoms with Crippen molar-refractivity contribution in [3.63, 3.8) is 0 Å². The van der Waals surface area contributed by atoms with E-state index < -0.39 is 0 Å². The van der Waals surface area contributed by atoms with Crippen molar-refractivity contribution in [1.82, 2.24) is 20.3 Å². The number of nitrogens with zero attached hydrogens (tertiary/aromatic N) is 3. The topological polar surface area (TPSA) is 77.0 Å². The van der Waals surface area contributed by atoms with E-state index in [2.05, 4.69) is 20.3 Å². The first kappa shape index (κ1) is 16.7. The SMILES string of the molecule is O=C(NCc1ncccn1)c1cccc(Oc2ccnc3ccccc23)c1. The summed E-state index contributed by atoms with van der Waals surface area (Å²) in [6.07, 6.45) is 4.98. The number of para-hydroxylation sites is 1. The molecular formula is C21H16N4O2. The average molecular weight is 356 g/mol. The van der Waals surface area contributed by atoms with Crippen molar-refractivity contribution in [1.29, 1.82) is 0 Å². The molecule has 1 N–H and O–H groups in total. The third kappa shape index (κ3) is 3.90. The first-order chi connectivity index (χ1) is 13.3. The minimum Gasteiger partial charge on any atom is -0.457 e. The summed E-state index contributed by atoms with van der Waals surface area (Å²) >= 11 is 0. The monoisotopic (exact) mass is 356 g/mol. The number of rotatable bonds is 5. The molecule has 0 aliphatic heterocycles. The van der Waals surface area contributed by atoms with E-state index in [4.69, 9.17) is 4.74 Å². The number of fused-ring (bicyclic) bond motifs is 1. The number of aromatic nitrogens is 3. The molecule has 132 valence electrons. The molecule has 2 heterocycles. The summed E-state index contributed by atoms with van der Waals surface area (Å²) in [4.78, 5) is 24.9. The molecule has 0 saturated heterocycles. The molecule has 0 aliphatic rings. The van der Waals surface area contributed by atoms with Crippen molar-refractivity contribution in [3.8, 4) is 11.5 Å². The van der Waals surface area contributed by atoms with Gasteiger partial charge in [0.2, 0.25) is 0 Å². The van der Waals surface area contributed by atoms with Crippen molar-refractivity contribution >= 4 is 16.8 Å². The van der Waals surface area contributed by atoms with Crippen LogP contribution in [-0.4, -0.2) is 20.9 Å². The zero-order valence-electron chi connectivity index (χ0n) is 14.4. The summed E-state index contributed by atoms with van der Waals surface area (Å²) in [5, 5.41) is 3.72. The summed E-state index contributed by atoms with van der Waals surface area (Å²) in [6, 6.07) is 18.3. The van der Waals surface area contributed by atoms with Gasteiger partial charge in [-0.25, -0.2) is 9.97 Å². The fraction of sp³-hybridized carbons (Fsp3) is 0.0476. The molecule has 2 aromatic carbocycles. The van der Waals surface area contributed by atoms with Crippen LogP contribution in [0.5, 0.6) is 11.5 Å². The predicted octanol–water partition coefficient (Wildman–Crippen LogP) is 3.75. The van der Waals surface area contributed by atoms with Crippen molar-refractivity contribution in [2.24, 2.45) is 0 Å². The van der Waals surface area contributed by atoms with Crippen LogP contribution in [0.15, 0.2) is 79.3 Å². The molecule has 0 saturated carbocycles. The molecule has 2 aromatic heterocycles. The van der Waals surface area contributed by atoms with Gasteiger partial charge < -0.3 is 10.1 Å². The smallest absolute Gasteiger partial charge is 0.251 e. The Labute approximate surface area is 155 Å². The lowest BCUT2D eigenvalue weighted by atomic mass is 10.2. The van der Waals surface area contributed by atoms with Gasteiger partial charge in [-0.15, -0.1) is 0 Å². The van der Waals surface area contributed by atoms with Crippen LogP contribution < -0.4 is 10.1 Å². The fourth-order valence-corrected chi connectivity index (χ4v) is 2.67. The van der Waals surface area contributed by atoms with Gasteiger partial charge in [0.05, 0.1) is 12.1 Å². The summed E-state index contributed by atoms with van der Waals surface area (Å²) in [5.74, 6) is 1.61. The summed E-state index contributed by atoms with van der Waals surface area (Å²) in [7, 11) is 0. The van der Waals surface area contributed by atoms with E-state index in [1.807, 2.05) is 36.4 Å². The third-order valence-electron chi connectivity index (χ3n) is 3.96. The number of hydrogen-bond acceptors (Lipinski definition) is 5. The molecule has 0 aliphatic carbocycles. The molecule has 27 heavy (non-hydrogen) atoms. The van der Waals surface area contributed by atoms with Crippen LogP contribution in [0.25, 0.3) is 10.9 Å². The molecule has 1 amide bonds. The second-order valence-electron chi connectivity index (χ2n) is 5.80. The van der Waals surface area contributed by atoms with Gasteiger partial charge in [-0.05, 0) is 42.5 Å². The lowest BCUT2D eigenvalue weighted by molar-refractivity contribution is 0.0949. The highest BCUT2D eigenvalue weighted by molar-refractivity contribution is 5.94. The number of pyridine rings is 1. The molecule has 0 spiro atoms. The Morgan fingerprint density at radius 1 is 0.889 bits per heavy atom. The first-order valence-electron chi connectivity index (χ1n) is 8.45. The van der Waals surface area contributed by atoms with Gasteiger partial charge in [0, 0.05) is 29.5 Å². The van der Waals surface area contributed by atoms with E-state index in [1.54, 1.807) is 42.9 Å². The number of carbonyl (C=O) groups excluding carboxylic acids is 1. The highest BCUT2D eigenvalue weighted by atomic mass is 16.5. The van der Waals surface area contributed by atoms with Gasteiger partial charge in [-0.2, -0.15) is 0 Å². The Balaban J connectivity index is 1.51. The van der Waals surface area contributed by atoms with Crippen LogP contribution in [0.1, 0.15) is 16.2 Å². The van der Waals surface area contributed by atoms with Gasteiger partial charge in [-0.3, -0.25) is 9.78 Å². The number of amides is 1. The standard InChI is InChI=1S/C21H16N4O2/c26-21(25-14-20-23-10-4-11-24-20)15-5-3-6-16(13-15)27-19-9-12-22-18-8-2-1-7-17(18)19/h1-13H,14H2,(H,25,26). The molecule has 0 bridgehead atoms. The lowest BCUT2D eigenvalue weighted by Gasteiger charge is -2.10. The van der Waals surface area contributed by atoms with Crippen molar-refractivity contribution in [3.05, 3.63) is 90.6 Å². The maximum Gasteiger partial charge on any atom is 0.251 e. The number of nitrogens with one attached hydrogen (secondary N) is 1. The molecule has 0 atom stereocenters. The Bertz CT molecular complexity index is 1080. The summed E-state index contributed by atoms with van der Waals surface area (Å²) in [5.41, 5.74) is 1.36. The van der Waals surface area contributed by atoms with E-state index in [9.17, 15) is 4.79 Å². The zero-order chi connectivity index (χ0) is 18.5. The van der Waals surface area contributed by atoms with Crippen LogP contribution in [0.4, 0.5) is 0 Å². The van der Waals surface area contributed by atoms with Gasteiger partial charge in [0.15, 0.2) is 0 Å². The third-order valence-corrected chi connectivity index (χ3v) is 3.96. The van der Waals surface area contributed by atoms with Gasteiger partial charge in [-0.1, -0.05) is 18.2 Å². The Morgan fingerprint density at radius 2 is 1.74 bits per heavy atom. The maximum absolute atomic E-state index is 12.4. The predicted molar refractivity (Wildman–Crippen MR) is 101 cm³/mol. The van der Waals surface area contributed by atoms with Crippen LogP contribution in [-0.2, 0) is 6.54 Å². The molecule has 4 rings (SSSR count). The van der Waals surface area contributed by atoms with E-state index in [0.29, 0.717) is 22.9 Å². The Hall–Kier alpha value is -3.80. The van der Waals surface area contributed by atoms with Crippen LogP contribution in [0, 0.1) is 0 Å². The van der Waals surface area contributed by atoms with E-state index in [-0.39, 0.29) is 12.5 Å². The lowest BCUT2D eigenvalue weighted by Crippen LogP contribution is -2.23. The number of hydrogen-bond donors (Lipinski definition) is 1. The summed E-state index contributed by atoms with van der Waals surface area (Å²) in [6.45, 7) is 0.264. The van der Waals surface area contributed by atoms with Crippen molar-refractivity contribution < 1.29 is 9.53 Å². The maximum atomic E-state index is 12.4. The van der Waals surface area contributed by atoms with E-state index >= 15 is 0 Å². The largest absolute Gasteiger partial charge is 0.457 e. The van der Waals surface area contributed by atoms with E-state index in [0.717, 1.165) is 10.9 Å². The number of carbonyl (C=O) groups is 1. The fourth-order valence-electron chi connectivity index (χ4n) is 2.67. The molecular weight excluding hydrogens is 340 g/mol. The molecule has 6 nitrogen and oxygen atoms in total. The first-order valence-corrected chi connectivity index (χ1v) is 8.45. The van der Waals surface area contributed by atoms with Crippen molar-refractivity contribution in [2.45, 2.75) is 6.54 Å². The molecule has 6 heteroatoms. The highest BCUT2D eigenvalue weighted by Crippen LogP contribution is 2.28. The van der Waals surface area contributed by atoms with Gasteiger partial charge in [0.1, 0.15) is 17.3 Å². The van der Waals surface area contributed by atoms with Gasteiger partial charge >= 0.3 is 0 Å². The second kappa shape index (κ2) is 7.61. The van der Waals surface area contributed by atoms with Gasteiger partial charge in [0.25, 0.3) is 5.91 Å². The Morgan fingerprint density at radius 3 is 2.63 bits per heavy atom. The van der Waals surface area contributed by atoms with Crippen LogP contribution >= 0.6 is 0 Å². The molecule has 0 unspecified atom stereocenters.